The molecule has 0 bridgehead atoms. The fourth-order valence-corrected chi connectivity index (χ4v) is 4.50. The molecule has 146 valence electrons. The van der Waals surface area contributed by atoms with Crippen LogP contribution in [0.1, 0.15) is 55.3 Å². The molecule has 1 fully saturated rings. The Morgan fingerprint density at radius 3 is 2.81 bits per heavy atom. The van der Waals surface area contributed by atoms with Crippen molar-refractivity contribution in [2.24, 2.45) is 5.92 Å². The smallest absolute Gasteiger partial charge is 0.322 e. The molecule has 2 heterocycles. The minimum Gasteiger partial charge on any atom is -0.507 e. The van der Waals surface area contributed by atoms with Crippen LogP contribution in [0.4, 0.5) is 0 Å². The Bertz CT molecular complexity index is 817. The Morgan fingerprint density at radius 2 is 2.07 bits per heavy atom. The summed E-state index contributed by atoms with van der Waals surface area (Å²) < 4.78 is 1.51. The number of nitrogens with one attached hydrogen (secondary N) is 1. The summed E-state index contributed by atoms with van der Waals surface area (Å²) in [7, 11) is 0. The molecule has 0 unspecified atom stereocenters. The second kappa shape index (κ2) is 9.07. The van der Waals surface area contributed by atoms with Gasteiger partial charge in [-0.15, -0.1) is 11.8 Å². The van der Waals surface area contributed by atoms with Crippen LogP contribution in [0.5, 0.6) is 5.75 Å². The number of aromatic hydroxyl groups is 1. The van der Waals surface area contributed by atoms with E-state index < -0.39 is 18.4 Å². The highest BCUT2D eigenvalue weighted by Gasteiger charge is 2.21. The van der Waals surface area contributed by atoms with Crippen molar-refractivity contribution in [3.63, 3.8) is 0 Å². The Morgan fingerprint density at radius 1 is 1.30 bits per heavy atom. The lowest BCUT2D eigenvalue weighted by molar-refractivity contribution is -0.135. The number of fused-ring (bicyclic) bond motifs is 1. The topological polar surface area (TPSA) is 117 Å². The van der Waals surface area contributed by atoms with Crippen LogP contribution < -0.4 is 5.32 Å². The lowest BCUT2D eigenvalue weighted by Crippen LogP contribution is -2.29. The van der Waals surface area contributed by atoms with Gasteiger partial charge in [0.1, 0.15) is 29.2 Å². The highest BCUT2D eigenvalue weighted by Crippen LogP contribution is 2.31. The van der Waals surface area contributed by atoms with Gasteiger partial charge in [0.15, 0.2) is 5.65 Å². The minimum atomic E-state index is -1.16. The molecular formula is C18H24N4O4S. The number of carbonyl (C=O) groups is 2. The van der Waals surface area contributed by atoms with E-state index in [1.807, 2.05) is 0 Å². The fraction of sp³-hybridized carbons (Fsp3) is 0.556. The maximum Gasteiger partial charge on any atom is 0.322 e. The molecular weight excluding hydrogens is 368 g/mol. The quantitative estimate of drug-likeness (QED) is 0.467. The van der Waals surface area contributed by atoms with Crippen molar-refractivity contribution in [2.75, 3.05) is 12.3 Å². The van der Waals surface area contributed by atoms with Gasteiger partial charge >= 0.3 is 5.97 Å². The van der Waals surface area contributed by atoms with E-state index in [1.165, 1.54) is 55.4 Å². The first-order valence-electron chi connectivity index (χ1n) is 9.24. The van der Waals surface area contributed by atoms with Crippen LogP contribution in [0, 0.1) is 5.92 Å². The molecule has 2 aromatic rings. The van der Waals surface area contributed by atoms with Gasteiger partial charge in [-0.1, -0.05) is 32.1 Å². The number of aromatic nitrogens is 3. The predicted octanol–water partition coefficient (Wildman–Crippen LogP) is 2.70. The van der Waals surface area contributed by atoms with Crippen molar-refractivity contribution in [3.8, 4) is 5.75 Å². The molecule has 27 heavy (non-hydrogen) atoms. The number of carboxylic acids is 1. The molecule has 0 radical (unpaired) electrons. The Kier molecular flexibility index (Phi) is 6.54. The zero-order valence-electron chi connectivity index (χ0n) is 15.1. The molecule has 3 N–H and O–H groups in total. The number of thioether (sulfide) groups is 1. The van der Waals surface area contributed by atoms with Crippen LogP contribution in [-0.2, 0) is 4.79 Å². The highest BCUT2D eigenvalue weighted by molar-refractivity contribution is 7.99. The zero-order chi connectivity index (χ0) is 19.2. The number of aliphatic carboxylic acids is 1. The van der Waals surface area contributed by atoms with Gasteiger partial charge in [0.25, 0.3) is 5.91 Å². The number of hydrogen-bond donors (Lipinski definition) is 3. The average molecular weight is 392 g/mol. The van der Waals surface area contributed by atoms with Gasteiger partial charge < -0.3 is 15.5 Å². The van der Waals surface area contributed by atoms with Gasteiger partial charge in [-0.05, 0) is 24.5 Å². The Hall–Kier alpha value is -2.29. The first kappa shape index (κ1) is 19.5. The predicted molar refractivity (Wildman–Crippen MR) is 101 cm³/mol. The molecule has 0 atom stereocenters. The van der Waals surface area contributed by atoms with Crippen LogP contribution in [0.2, 0.25) is 0 Å². The molecule has 2 aromatic heterocycles. The number of pyridine rings is 1. The summed E-state index contributed by atoms with van der Waals surface area (Å²) in [6.45, 7) is -0.532. The molecule has 3 rings (SSSR count). The van der Waals surface area contributed by atoms with Gasteiger partial charge in [-0.3, -0.25) is 9.59 Å². The summed E-state index contributed by atoms with van der Waals surface area (Å²) in [5, 5.41) is 26.1. The number of carbonyl (C=O) groups excluding carboxylic acids is 1. The molecule has 0 aliphatic heterocycles. The zero-order valence-corrected chi connectivity index (χ0v) is 15.9. The number of rotatable bonds is 8. The van der Waals surface area contributed by atoms with E-state index in [2.05, 4.69) is 15.4 Å². The van der Waals surface area contributed by atoms with E-state index >= 15 is 0 Å². The van der Waals surface area contributed by atoms with Gasteiger partial charge in [-0.2, -0.15) is 5.10 Å². The number of nitrogens with zero attached hydrogens (tertiary/aromatic N) is 3. The van der Waals surface area contributed by atoms with Crippen LogP contribution in [0.15, 0.2) is 17.4 Å². The third kappa shape index (κ3) is 4.91. The van der Waals surface area contributed by atoms with Gasteiger partial charge in [0.2, 0.25) is 0 Å². The molecule has 9 heteroatoms. The lowest BCUT2D eigenvalue weighted by atomic mass is 9.86. The Balaban J connectivity index is 1.66. The van der Waals surface area contributed by atoms with E-state index in [0.29, 0.717) is 5.03 Å². The van der Waals surface area contributed by atoms with Crippen molar-refractivity contribution in [2.45, 2.75) is 50.0 Å². The maximum atomic E-state index is 12.2. The highest BCUT2D eigenvalue weighted by atomic mass is 32.2. The van der Waals surface area contributed by atoms with Gasteiger partial charge in [-0.25, -0.2) is 9.50 Å². The molecule has 0 aromatic carbocycles. The second-order valence-corrected chi connectivity index (χ2v) is 7.92. The van der Waals surface area contributed by atoms with Crippen molar-refractivity contribution in [3.05, 3.63) is 18.0 Å². The molecule has 8 nitrogen and oxygen atoms in total. The van der Waals surface area contributed by atoms with E-state index in [9.17, 15) is 14.7 Å². The van der Waals surface area contributed by atoms with Crippen LogP contribution >= 0.6 is 11.8 Å². The fourth-order valence-electron chi connectivity index (χ4n) is 3.53. The molecule has 0 spiro atoms. The summed E-state index contributed by atoms with van der Waals surface area (Å²) in [6, 6.07) is 1.49. The van der Waals surface area contributed by atoms with Crippen LogP contribution in [0.3, 0.4) is 0 Å². The number of amides is 1. The van der Waals surface area contributed by atoms with Crippen molar-refractivity contribution < 1.29 is 19.8 Å². The van der Waals surface area contributed by atoms with Gasteiger partial charge in [0, 0.05) is 6.07 Å². The molecule has 1 amide bonds. The summed E-state index contributed by atoms with van der Waals surface area (Å²) >= 11 is 1.57. The van der Waals surface area contributed by atoms with Crippen LogP contribution in [-0.4, -0.2) is 49.0 Å². The lowest BCUT2D eigenvalue weighted by Gasteiger charge is -2.21. The van der Waals surface area contributed by atoms with Crippen molar-refractivity contribution >= 4 is 29.3 Å². The number of hydrogen-bond acceptors (Lipinski definition) is 6. The number of carboxylic acid groups (broad SMARTS) is 1. The third-order valence-electron chi connectivity index (χ3n) is 4.86. The summed E-state index contributed by atoms with van der Waals surface area (Å²) in [5.41, 5.74) is 0.146. The summed E-state index contributed by atoms with van der Waals surface area (Å²) in [6.07, 6.45) is 10.3. The normalized spacial score (nSPS) is 15.1. The molecule has 1 saturated carbocycles. The van der Waals surface area contributed by atoms with Crippen molar-refractivity contribution in [1.29, 1.82) is 0 Å². The first-order valence-corrected chi connectivity index (χ1v) is 10.2. The Labute approximate surface area is 161 Å². The standard InChI is InChI=1S/C18H24N4O4S/c23-13-9-14(27-8-4-7-12-5-2-1-3-6-12)22-17(20-11-21-22)16(13)18(26)19-10-15(24)25/h9,11-12,23H,1-8,10H2,(H,19,26)(H,24,25). The summed E-state index contributed by atoms with van der Waals surface area (Å²) in [5.74, 6) is -0.352. The van der Waals surface area contributed by atoms with E-state index in [-0.39, 0.29) is 17.0 Å². The SMILES string of the molecule is O=C(O)CNC(=O)c1c(O)cc(SCCCC2CCCCC2)n2ncnc12. The van der Waals surface area contributed by atoms with Gasteiger partial charge in [0.05, 0.1) is 0 Å². The molecule has 1 aliphatic rings. The average Bonchev–Trinajstić information content (AvgIpc) is 3.13. The van der Waals surface area contributed by atoms with Crippen LogP contribution in [0.25, 0.3) is 5.65 Å². The monoisotopic (exact) mass is 392 g/mol. The largest absolute Gasteiger partial charge is 0.507 e. The molecule has 1 aliphatic carbocycles. The molecule has 0 saturated heterocycles. The van der Waals surface area contributed by atoms with E-state index in [1.54, 1.807) is 11.8 Å². The third-order valence-corrected chi connectivity index (χ3v) is 5.93. The van der Waals surface area contributed by atoms with E-state index in [0.717, 1.165) is 18.1 Å². The maximum absolute atomic E-state index is 12.2. The van der Waals surface area contributed by atoms with E-state index in [4.69, 9.17) is 5.11 Å². The second-order valence-electron chi connectivity index (χ2n) is 6.81. The first-order chi connectivity index (χ1) is 13.1. The van der Waals surface area contributed by atoms with Crippen molar-refractivity contribution in [1.82, 2.24) is 19.9 Å². The summed E-state index contributed by atoms with van der Waals surface area (Å²) in [4.78, 5) is 26.9. The minimum absolute atomic E-state index is 0.0692.